The zero-order valence-electron chi connectivity index (χ0n) is 20.6. The van der Waals surface area contributed by atoms with Crippen LogP contribution in [-0.2, 0) is 10.5 Å². The van der Waals surface area contributed by atoms with Crippen LogP contribution in [0.2, 0.25) is 0 Å². The standard InChI is InChI=1S/C28H23F2N3O5S/c29-18-12-20-22-17(23(18)30)13-39-21-5-2-1-4-16(21)24(22)33-15-31(28(7-3-10-38-20)8-11-37-14-28)27(36)25-26(35)19(34)6-9-32(25)33/h1-7,9,12,24,35H,8,10-11,13-15H2/b7-3+/t24-,28+/m0/s1. The summed E-state index contributed by atoms with van der Waals surface area (Å²) >= 11 is 1.38. The summed E-state index contributed by atoms with van der Waals surface area (Å²) in [5.41, 5.74) is -0.391. The van der Waals surface area contributed by atoms with Gasteiger partial charge in [-0.15, -0.1) is 11.8 Å². The van der Waals surface area contributed by atoms with E-state index in [1.165, 1.54) is 28.7 Å². The van der Waals surface area contributed by atoms with Gasteiger partial charge in [-0.05, 0) is 17.7 Å². The molecule has 1 saturated heterocycles. The minimum absolute atomic E-state index is 0.0172. The molecule has 1 N–H and O–H groups in total. The van der Waals surface area contributed by atoms with Gasteiger partial charge in [-0.25, -0.2) is 8.78 Å². The maximum Gasteiger partial charge on any atom is 0.278 e. The van der Waals surface area contributed by atoms with Crippen molar-refractivity contribution in [3.63, 3.8) is 0 Å². The van der Waals surface area contributed by atoms with Crippen molar-refractivity contribution < 1.29 is 28.2 Å². The maximum absolute atomic E-state index is 15.5. The average Bonchev–Trinajstić information content (AvgIpc) is 3.33. The van der Waals surface area contributed by atoms with Gasteiger partial charge in [0.25, 0.3) is 5.91 Å². The van der Waals surface area contributed by atoms with Gasteiger partial charge in [-0.2, -0.15) is 0 Å². The summed E-state index contributed by atoms with van der Waals surface area (Å²) in [6.07, 6.45) is 5.49. The molecule has 8 nitrogen and oxygen atoms in total. The molecule has 0 aliphatic carbocycles. The molecule has 7 rings (SSSR count). The number of hydrogen-bond donors (Lipinski definition) is 1. The van der Waals surface area contributed by atoms with Gasteiger partial charge in [0.1, 0.15) is 25.1 Å². The van der Waals surface area contributed by atoms with Crippen molar-refractivity contribution in [2.75, 3.05) is 31.5 Å². The number of thioether (sulfide) groups is 1. The molecule has 1 amide bonds. The van der Waals surface area contributed by atoms with Crippen LogP contribution < -0.4 is 15.2 Å². The van der Waals surface area contributed by atoms with Crippen LogP contribution in [-0.4, -0.2) is 52.6 Å². The first-order chi connectivity index (χ1) is 18.9. The normalized spacial score (nSPS) is 24.3. The Balaban J connectivity index is 1.58. The Hall–Kier alpha value is -3.83. The zero-order chi connectivity index (χ0) is 26.9. The van der Waals surface area contributed by atoms with Crippen LogP contribution in [0.5, 0.6) is 11.5 Å². The van der Waals surface area contributed by atoms with Crippen LogP contribution in [0.25, 0.3) is 0 Å². The fourth-order valence-electron chi connectivity index (χ4n) is 5.97. The van der Waals surface area contributed by atoms with Gasteiger partial charge in [0.05, 0.1) is 12.1 Å². The Morgan fingerprint density at radius 2 is 2.00 bits per heavy atom. The molecule has 1 spiro atoms. The van der Waals surface area contributed by atoms with E-state index in [2.05, 4.69) is 0 Å². The Morgan fingerprint density at radius 3 is 2.82 bits per heavy atom. The number of fused-ring (bicyclic) bond motifs is 8. The summed E-state index contributed by atoms with van der Waals surface area (Å²) in [7, 11) is 0. The minimum Gasteiger partial charge on any atom is -0.502 e. The van der Waals surface area contributed by atoms with Crippen LogP contribution in [0.1, 0.15) is 39.6 Å². The van der Waals surface area contributed by atoms with Crippen molar-refractivity contribution in [1.82, 2.24) is 9.58 Å². The Morgan fingerprint density at radius 1 is 1.15 bits per heavy atom. The third-order valence-corrected chi connectivity index (χ3v) is 8.99. The van der Waals surface area contributed by atoms with E-state index in [0.717, 1.165) is 16.5 Å². The van der Waals surface area contributed by atoms with Gasteiger partial charge < -0.3 is 19.5 Å². The highest BCUT2D eigenvalue weighted by atomic mass is 32.2. The van der Waals surface area contributed by atoms with E-state index >= 15 is 4.39 Å². The van der Waals surface area contributed by atoms with E-state index in [4.69, 9.17) is 9.47 Å². The highest BCUT2D eigenvalue weighted by molar-refractivity contribution is 7.98. The van der Waals surface area contributed by atoms with E-state index in [9.17, 15) is 19.1 Å². The molecule has 2 bridgehead atoms. The fourth-order valence-corrected chi connectivity index (χ4v) is 7.08. The molecule has 2 atom stereocenters. The maximum atomic E-state index is 15.5. The summed E-state index contributed by atoms with van der Waals surface area (Å²) in [6, 6.07) is 9.04. The number of aromatic hydroxyl groups is 1. The summed E-state index contributed by atoms with van der Waals surface area (Å²) < 4.78 is 43.7. The van der Waals surface area contributed by atoms with Crippen LogP contribution >= 0.6 is 11.8 Å². The van der Waals surface area contributed by atoms with Crippen molar-refractivity contribution in [3.05, 3.63) is 99.0 Å². The van der Waals surface area contributed by atoms with Gasteiger partial charge >= 0.3 is 0 Å². The number of nitrogens with zero attached hydrogens (tertiary/aromatic N) is 3. The predicted octanol–water partition coefficient (Wildman–Crippen LogP) is 3.69. The number of carbonyl (C=O) groups is 1. The van der Waals surface area contributed by atoms with Crippen molar-refractivity contribution in [3.8, 4) is 11.5 Å². The Labute approximate surface area is 226 Å². The molecule has 11 heteroatoms. The third kappa shape index (κ3) is 3.52. The topological polar surface area (TPSA) is 84.2 Å². The molecule has 0 radical (unpaired) electrons. The second-order valence-corrected chi connectivity index (χ2v) is 11.0. The van der Waals surface area contributed by atoms with Gasteiger partial charge in [0.15, 0.2) is 23.1 Å². The number of aromatic nitrogens is 1. The van der Waals surface area contributed by atoms with Gasteiger partial charge in [0, 0.05) is 53.1 Å². The minimum atomic E-state index is -1.01. The predicted molar refractivity (Wildman–Crippen MR) is 139 cm³/mol. The number of pyridine rings is 1. The molecule has 3 aromatic rings. The summed E-state index contributed by atoms with van der Waals surface area (Å²) in [6.45, 7) is 0.688. The molecule has 0 saturated carbocycles. The number of rotatable bonds is 0. The van der Waals surface area contributed by atoms with Crippen LogP contribution in [0.3, 0.4) is 0 Å². The summed E-state index contributed by atoms with van der Waals surface area (Å²) in [5, 5.41) is 12.7. The molecule has 200 valence electrons. The van der Waals surface area contributed by atoms with E-state index in [0.29, 0.717) is 18.6 Å². The van der Waals surface area contributed by atoms with Gasteiger partial charge in [0.2, 0.25) is 5.43 Å². The van der Waals surface area contributed by atoms with Crippen LogP contribution in [0, 0.1) is 11.6 Å². The summed E-state index contributed by atoms with van der Waals surface area (Å²) in [4.78, 5) is 29.0. The number of ether oxygens (including phenoxy) is 2. The molecule has 4 aliphatic rings. The number of amides is 1. The average molecular weight is 552 g/mol. The third-order valence-electron chi connectivity index (χ3n) is 7.88. The molecule has 1 fully saturated rings. The lowest BCUT2D eigenvalue weighted by Gasteiger charge is -2.49. The van der Waals surface area contributed by atoms with Crippen molar-refractivity contribution in [2.45, 2.75) is 28.6 Å². The van der Waals surface area contributed by atoms with E-state index in [-0.39, 0.29) is 42.6 Å². The smallest absolute Gasteiger partial charge is 0.278 e. The highest BCUT2D eigenvalue weighted by Crippen LogP contribution is 2.48. The van der Waals surface area contributed by atoms with Crippen molar-refractivity contribution >= 4 is 17.7 Å². The first-order valence-corrected chi connectivity index (χ1v) is 13.5. The van der Waals surface area contributed by atoms with E-state index < -0.39 is 40.3 Å². The molecule has 0 unspecified atom stereocenters. The van der Waals surface area contributed by atoms with E-state index in [1.54, 1.807) is 16.0 Å². The lowest BCUT2D eigenvalue weighted by atomic mass is 9.92. The molecule has 4 aliphatic heterocycles. The lowest BCUT2D eigenvalue weighted by Crippen LogP contribution is -2.62. The van der Waals surface area contributed by atoms with Crippen molar-refractivity contribution in [1.29, 1.82) is 0 Å². The molecular weight excluding hydrogens is 528 g/mol. The summed E-state index contributed by atoms with van der Waals surface area (Å²) in [5.74, 6) is -2.82. The lowest BCUT2D eigenvalue weighted by molar-refractivity contribution is 0.0428. The number of benzene rings is 2. The molecular formula is C28H23F2N3O5S. The fraction of sp³-hybridized carbons (Fsp3) is 0.286. The molecule has 5 heterocycles. The Kier molecular flexibility index (Phi) is 5.50. The molecule has 39 heavy (non-hydrogen) atoms. The van der Waals surface area contributed by atoms with Gasteiger partial charge in [-0.1, -0.05) is 24.3 Å². The second kappa shape index (κ2) is 8.85. The SMILES string of the molecule is O=C1c2c(O)c(=O)ccn2N2CN1[C@]1(/C=C/COc3cc(F)c(F)c4c3[C@@H]2c2ccccc2SC4)CCOC1. The zero-order valence-corrected chi connectivity index (χ0v) is 21.4. The first kappa shape index (κ1) is 24.2. The largest absolute Gasteiger partial charge is 0.502 e. The molecule has 2 aromatic carbocycles. The molecule has 1 aromatic heterocycles. The second-order valence-electron chi connectivity index (χ2n) is 9.95. The van der Waals surface area contributed by atoms with Gasteiger partial charge in [-0.3, -0.25) is 19.3 Å². The van der Waals surface area contributed by atoms with Crippen molar-refractivity contribution in [2.24, 2.45) is 0 Å². The Bertz CT molecular complexity index is 1620. The number of hydrogen-bond acceptors (Lipinski definition) is 7. The van der Waals surface area contributed by atoms with Crippen LogP contribution in [0.4, 0.5) is 8.78 Å². The van der Waals surface area contributed by atoms with Crippen LogP contribution in [0.15, 0.2) is 64.4 Å². The van der Waals surface area contributed by atoms with E-state index in [1.807, 2.05) is 30.3 Å². The number of carbonyl (C=O) groups excluding carboxylic acids is 1. The first-order valence-electron chi connectivity index (χ1n) is 12.5. The highest BCUT2D eigenvalue weighted by Gasteiger charge is 2.48. The quantitative estimate of drug-likeness (QED) is 0.427. The number of halogens is 2. The monoisotopic (exact) mass is 551 g/mol.